The van der Waals surface area contributed by atoms with Gasteiger partial charge in [0.15, 0.2) is 11.5 Å². The van der Waals surface area contributed by atoms with Crippen LogP contribution in [0.3, 0.4) is 0 Å². The highest BCUT2D eigenvalue weighted by molar-refractivity contribution is 14.1. The molecule has 0 saturated heterocycles. The summed E-state index contributed by atoms with van der Waals surface area (Å²) >= 11 is 8.79. The average molecular weight is 665 g/mol. The number of nitrogens with zero attached hydrogens (tertiary/aromatic N) is 1. The van der Waals surface area contributed by atoms with Gasteiger partial charge in [0.1, 0.15) is 30.6 Å². The minimum atomic E-state index is -0.548. The summed E-state index contributed by atoms with van der Waals surface area (Å²) in [4.78, 5) is 12.9. The molecule has 6 nitrogen and oxygen atoms in total. The van der Waals surface area contributed by atoms with Gasteiger partial charge in [0, 0.05) is 9.26 Å². The van der Waals surface area contributed by atoms with E-state index in [4.69, 9.17) is 25.8 Å². The summed E-state index contributed by atoms with van der Waals surface area (Å²) in [6, 6.07) is 30.1. The van der Waals surface area contributed by atoms with Crippen LogP contribution in [0.4, 0.5) is 5.69 Å². The Kier molecular flexibility index (Phi) is 10.4. The Balaban J connectivity index is 1.44. The molecule has 0 bridgehead atoms. The van der Waals surface area contributed by atoms with E-state index in [1.54, 1.807) is 36.4 Å². The Labute approximate surface area is 252 Å². The van der Waals surface area contributed by atoms with Gasteiger partial charge < -0.3 is 19.5 Å². The van der Waals surface area contributed by atoms with Crippen molar-refractivity contribution >= 4 is 51.9 Å². The third kappa shape index (κ3) is 8.25. The summed E-state index contributed by atoms with van der Waals surface area (Å²) in [5.74, 6) is 0.946. The fourth-order valence-electron chi connectivity index (χ4n) is 3.70. The molecule has 4 rings (SSSR count). The molecule has 0 unspecified atom stereocenters. The second-order valence-corrected chi connectivity index (χ2v) is 10.3. The lowest BCUT2D eigenvalue weighted by Gasteiger charge is -2.15. The summed E-state index contributed by atoms with van der Waals surface area (Å²) in [5, 5.41) is 12.8. The van der Waals surface area contributed by atoms with Crippen molar-refractivity contribution in [3.63, 3.8) is 0 Å². The number of rotatable bonds is 11. The number of anilines is 1. The van der Waals surface area contributed by atoms with E-state index in [1.165, 1.54) is 6.08 Å². The monoisotopic (exact) mass is 664 g/mol. The van der Waals surface area contributed by atoms with E-state index < -0.39 is 5.91 Å². The SMILES string of the molecule is CCOc1cc(/C=C(\C#N)C(=O)Nc2ccc(OCc3ccccc3)cc2)cc(Cl)c1OCc1ccc(I)cc1. The molecule has 0 aromatic heterocycles. The molecule has 4 aromatic carbocycles. The van der Waals surface area contributed by atoms with Crippen LogP contribution in [0.5, 0.6) is 17.2 Å². The van der Waals surface area contributed by atoms with Crippen LogP contribution in [0.15, 0.2) is 96.6 Å². The first-order valence-electron chi connectivity index (χ1n) is 12.5. The van der Waals surface area contributed by atoms with Crippen molar-refractivity contribution in [2.45, 2.75) is 20.1 Å². The van der Waals surface area contributed by atoms with Crippen LogP contribution in [0.2, 0.25) is 5.02 Å². The lowest BCUT2D eigenvalue weighted by molar-refractivity contribution is -0.112. The Morgan fingerprint density at radius 1 is 0.925 bits per heavy atom. The Morgan fingerprint density at radius 3 is 2.27 bits per heavy atom. The van der Waals surface area contributed by atoms with Gasteiger partial charge in [-0.15, -0.1) is 0 Å². The number of benzene rings is 4. The second kappa shape index (κ2) is 14.4. The Morgan fingerprint density at radius 2 is 1.60 bits per heavy atom. The van der Waals surface area contributed by atoms with Crippen molar-refractivity contribution in [1.29, 1.82) is 5.26 Å². The van der Waals surface area contributed by atoms with Crippen LogP contribution in [0.1, 0.15) is 23.6 Å². The lowest BCUT2D eigenvalue weighted by Crippen LogP contribution is -2.13. The molecule has 0 atom stereocenters. The number of ether oxygens (including phenoxy) is 3. The van der Waals surface area contributed by atoms with Crippen molar-refractivity contribution in [2.75, 3.05) is 11.9 Å². The lowest BCUT2D eigenvalue weighted by atomic mass is 10.1. The molecule has 1 amide bonds. The molecule has 0 fully saturated rings. The predicted octanol–water partition coefficient (Wildman–Crippen LogP) is 8.05. The minimum absolute atomic E-state index is 0.0875. The van der Waals surface area contributed by atoms with Gasteiger partial charge in [-0.2, -0.15) is 5.26 Å². The van der Waals surface area contributed by atoms with E-state index in [-0.39, 0.29) is 5.57 Å². The maximum absolute atomic E-state index is 12.9. The number of carbonyl (C=O) groups excluding carboxylic acids is 1. The van der Waals surface area contributed by atoms with Gasteiger partial charge in [0.05, 0.1) is 11.6 Å². The van der Waals surface area contributed by atoms with E-state index in [0.717, 1.165) is 14.7 Å². The van der Waals surface area contributed by atoms with Crippen LogP contribution in [0.25, 0.3) is 6.08 Å². The molecular weight excluding hydrogens is 639 g/mol. The quantitative estimate of drug-likeness (QED) is 0.0997. The molecule has 4 aromatic rings. The molecule has 0 saturated carbocycles. The van der Waals surface area contributed by atoms with Gasteiger partial charge in [0.2, 0.25) is 0 Å². The molecule has 40 heavy (non-hydrogen) atoms. The molecular formula is C32H26ClIN2O4. The molecule has 1 N–H and O–H groups in total. The summed E-state index contributed by atoms with van der Waals surface area (Å²) in [6.45, 7) is 3.00. The van der Waals surface area contributed by atoms with E-state index in [0.29, 0.717) is 53.3 Å². The van der Waals surface area contributed by atoms with E-state index in [2.05, 4.69) is 27.9 Å². The highest BCUT2D eigenvalue weighted by Crippen LogP contribution is 2.38. The normalized spacial score (nSPS) is 10.9. The van der Waals surface area contributed by atoms with E-state index >= 15 is 0 Å². The fourth-order valence-corrected chi connectivity index (χ4v) is 4.33. The molecule has 0 aliphatic rings. The highest BCUT2D eigenvalue weighted by Gasteiger charge is 2.15. The van der Waals surface area contributed by atoms with Crippen molar-refractivity contribution in [2.24, 2.45) is 0 Å². The zero-order valence-electron chi connectivity index (χ0n) is 21.7. The van der Waals surface area contributed by atoms with Gasteiger partial charge in [0.25, 0.3) is 5.91 Å². The van der Waals surface area contributed by atoms with Crippen LogP contribution < -0.4 is 19.5 Å². The van der Waals surface area contributed by atoms with Crippen molar-refractivity contribution in [3.8, 4) is 23.3 Å². The number of halogens is 2. The molecule has 0 heterocycles. The van der Waals surface area contributed by atoms with Gasteiger partial charge in [-0.25, -0.2) is 0 Å². The van der Waals surface area contributed by atoms with Crippen molar-refractivity contribution < 1.29 is 19.0 Å². The first-order valence-corrected chi connectivity index (χ1v) is 13.9. The first-order chi connectivity index (χ1) is 19.4. The number of hydrogen-bond donors (Lipinski definition) is 1. The third-order valence-electron chi connectivity index (χ3n) is 5.66. The smallest absolute Gasteiger partial charge is 0.266 e. The Bertz CT molecular complexity index is 1520. The maximum atomic E-state index is 12.9. The Hall–Kier alpha value is -4.00. The minimum Gasteiger partial charge on any atom is -0.490 e. The van der Waals surface area contributed by atoms with Gasteiger partial charge in [-0.05, 0) is 101 Å². The second-order valence-electron chi connectivity index (χ2n) is 8.60. The molecule has 8 heteroatoms. The maximum Gasteiger partial charge on any atom is 0.266 e. The average Bonchev–Trinajstić information content (AvgIpc) is 2.96. The molecule has 0 aliphatic heterocycles. The first kappa shape index (κ1) is 29.0. The largest absolute Gasteiger partial charge is 0.490 e. The standard InChI is InChI=1S/C32H26ClIN2O4/c1-2-38-30-18-24(17-29(33)31(30)40-21-23-8-10-26(34)11-9-23)16-25(19-35)32(37)36-27-12-14-28(15-13-27)39-20-22-6-4-3-5-7-22/h3-18H,2,20-21H2,1H3,(H,36,37)/b25-16+. The number of nitrogens with one attached hydrogen (secondary N) is 1. The van der Waals surface area contributed by atoms with Crippen LogP contribution >= 0.6 is 34.2 Å². The number of amides is 1. The highest BCUT2D eigenvalue weighted by atomic mass is 127. The fraction of sp³-hybridized carbons (Fsp3) is 0.125. The molecule has 0 spiro atoms. The summed E-state index contributed by atoms with van der Waals surface area (Å²) in [6.07, 6.45) is 1.46. The van der Waals surface area contributed by atoms with Gasteiger partial charge in [-0.1, -0.05) is 54.1 Å². The third-order valence-corrected chi connectivity index (χ3v) is 6.66. The zero-order valence-corrected chi connectivity index (χ0v) is 24.6. The number of carbonyl (C=O) groups is 1. The van der Waals surface area contributed by atoms with E-state index in [1.807, 2.05) is 67.6 Å². The van der Waals surface area contributed by atoms with Gasteiger partial charge >= 0.3 is 0 Å². The van der Waals surface area contributed by atoms with Crippen molar-refractivity contribution in [1.82, 2.24) is 0 Å². The molecule has 0 radical (unpaired) electrons. The van der Waals surface area contributed by atoms with E-state index in [9.17, 15) is 10.1 Å². The number of hydrogen-bond acceptors (Lipinski definition) is 5. The predicted molar refractivity (Wildman–Crippen MR) is 166 cm³/mol. The summed E-state index contributed by atoms with van der Waals surface area (Å²) in [5.41, 5.74) is 3.02. The van der Waals surface area contributed by atoms with Crippen molar-refractivity contribution in [3.05, 3.63) is 122 Å². The molecule has 202 valence electrons. The summed E-state index contributed by atoms with van der Waals surface area (Å²) < 4.78 is 18.7. The number of nitriles is 1. The topological polar surface area (TPSA) is 80.6 Å². The van der Waals surface area contributed by atoms with Crippen LogP contribution in [-0.4, -0.2) is 12.5 Å². The zero-order chi connectivity index (χ0) is 28.3. The van der Waals surface area contributed by atoms with Crippen LogP contribution in [-0.2, 0) is 18.0 Å². The summed E-state index contributed by atoms with van der Waals surface area (Å²) in [7, 11) is 0. The van der Waals surface area contributed by atoms with Gasteiger partial charge in [-0.3, -0.25) is 4.79 Å². The van der Waals surface area contributed by atoms with Crippen LogP contribution in [0, 0.1) is 14.9 Å². The molecule has 0 aliphatic carbocycles.